The van der Waals surface area contributed by atoms with E-state index in [-0.39, 0.29) is 21.7 Å². The summed E-state index contributed by atoms with van der Waals surface area (Å²) in [6.45, 7) is 10.1. The van der Waals surface area contributed by atoms with Gasteiger partial charge in [-0.1, -0.05) is 57.0 Å². The summed E-state index contributed by atoms with van der Waals surface area (Å²) in [7, 11) is -6.64. The Kier molecular flexibility index (Phi) is 7.12. The van der Waals surface area contributed by atoms with Crippen LogP contribution in [0.2, 0.25) is 16.1 Å². The number of hydrogen-bond acceptors (Lipinski definition) is 3. The van der Waals surface area contributed by atoms with Crippen molar-refractivity contribution in [2.45, 2.75) is 50.6 Å². The van der Waals surface area contributed by atoms with E-state index in [4.69, 9.17) is 26.9 Å². The van der Waals surface area contributed by atoms with Gasteiger partial charge in [0.2, 0.25) is 0 Å². The molecule has 2 rings (SSSR count). The Labute approximate surface area is 181 Å². The molecule has 0 bridgehead atoms. The Balaban J connectivity index is 2.65. The highest BCUT2D eigenvalue weighted by Crippen LogP contribution is 2.41. The summed E-state index contributed by atoms with van der Waals surface area (Å²) < 4.78 is 31.8. The summed E-state index contributed by atoms with van der Waals surface area (Å²) in [5.74, 6) is 0.226. The summed E-state index contributed by atoms with van der Waals surface area (Å²) in [4.78, 5) is 0.0943. The summed E-state index contributed by atoms with van der Waals surface area (Å²) in [5.41, 5.74) is 1.26. The number of benzene rings is 2. The van der Waals surface area contributed by atoms with Gasteiger partial charge >= 0.3 is 10.1 Å². The first-order valence-corrected chi connectivity index (χ1v) is 14.3. The zero-order valence-corrected chi connectivity index (χ0v) is 20.8. The van der Waals surface area contributed by atoms with Crippen molar-refractivity contribution in [2.75, 3.05) is 0 Å². The van der Waals surface area contributed by atoms with E-state index in [1.807, 2.05) is 34.6 Å². The third-order valence-corrected chi connectivity index (χ3v) is 14.4. The molecule has 0 unspecified atom stereocenters. The summed E-state index contributed by atoms with van der Waals surface area (Å²) in [6, 6.07) is 9.89. The maximum Gasteiger partial charge on any atom is 0.339 e. The number of hydrogen-bond donors (Lipinski definition) is 0. The standard InChI is InChI=1S/C19H23BrCl2O3SSi/c1-12(2)27(22,13(3)4)18-11-15(21)10-17(20)19(18)25-26(23,24)16-8-6-14(5)7-9-16/h6-13H,1-5H3. The van der Waals surface area contributed by atoms with E-state index in [2.05, 4.69) is 15.9 Å². The highest BCUT2D eigenvalue weighted by atomic mass is 79.9. The molecule has 0 N–H and O–H groups in total. The van der Waals surface area contributed by atoms with E-state index in [1.54, 1.807) is 24.3 Å². The smallest absolute Gasteiger partial charge is 0.339 e. The summed E-state index contributed by atoms with van der Waals surface area (Å²) in [5, 5.41) is 1.17. The molecule has 0 aliphatic rings. The highest BCUT2D eigenvalue weighted by Gasteiger charge is 2.44. The molecule has 8 heteroatoms. The minimum atomic E-state index is -4.01. The second-order valence-corrected chi connectivity index (χ2v) is 16.3. The van der Waals surface area contributed by atoms with Gasteiger partial charge in [-0.05, 0) is 58.2 Å². The van der Waals surface area contributed by atoms with Crippen LogP contribution in [0.25, 0.3) is 0 Å². The fourth-order valence-electron chi connectivity index (χ4n) is 3.08. The van der Waals surface area contributed by atoms with Gasteiger partial charge in [0.05, 0.1) is 4.47 Å². The van der Waals surface area contributed by atoms with Gasteiger partial charge in [0.15, 0.2) is 13.1 Å². The van der Waals surface area contributed by atoms with E-state index in [1.165, 1.54) is 12.1 Å². The van der Waals surface area contributed by atoms with Gasteiger partial charge in [-0.15, -0.1) is 0 Å². The normalized spacial score (nSPS) is 12.7. The van der Waals surface area contributed by atoms with Crippen molar-refractivity contribution in [3.8, 4) is 5.75 Å². The lowest BCUT2D eigenvalue weighted by atomic mass is 10.2. The molecular formula is C19H23BrCl2O3SSi. The molecule has 0 atom stereocenters. The van der Waals surface area contributed by atoms with E-state index in [0.29, 0.717) is 14.7 Å². The Morgan fingerprint density at radius 3 is 2.04 bits per heavy atom. The number of halogens is 3. The molecule has 0 spiro atoms. The molecule has 2 aromatic rings. The lowest BCUT2D eigenvalue weighted by Gasteiger charge is -2.34. The molecule has 0 saturated carbocycles. The molecule has 0 saturated heterocycles. The van der Waals surface area contributed by atoms with Gasteiger partial charge in [0.1, 0.15) is 4.90 Å². The molecule has 0 fully saturated rings. The molecule has 0 aromatic heterocycles. The van der Waals surface area contributed by atoms with Gasteiger partial charge in [0, 0.05) is 10.2 Å². The quantitative estimate of drug-likeness (QED) is 0.257. The third kappa shape index (κ3) is 4.73. The van der Waals surface area contributed by atoms with Gasteiger partial charge in [-0.3, -0.25) is 0 Å². The Morgan fingerprint density at radius 1 is 1.04 bits per heavy atom. The van der Waals surface area contributed by atoms with E-state index in [9.17, 15) is 8.42 Å². The van der Waals surface area contributed by atoms with Crippen LogP contribution in [-0.2, 0) is 10.1 Å². The first kappa shape index (κ1) is 22.8. The van der Waals surface area contributed by atoms with Gasteiger partial charge < -0.3 is 4.18 Å². The SMILES string of the molecule is Cc1ccc(S(=O)(=O)Oc2c(Br)cc(Cl)cc2[Si](Cl)(C(C)C)C(C)C)cc1. The maximum atomic E-state index is 12.9. The van der Waals surface area contributed by atoms with Crippen molar-refractivity contribution >= 4 is 61.3 Å². The van der Waals surface area contributed by atoms with E-state index >= 15 is 0 Å². The van der Waals surface area contributed by atoms with E-state index in [0.717, 1.165) is 5.56 Å². The molecule has 27 heavy (non-hydrogen) atoms. The molecular weight excluding hydrogens is 487 g/mol. The van der Waals surface area contributed by atoms with Crippen LogP contribution in [-0.4, -0.2) is 15.8 Å². The minimum Gasteiger partial charge on any atom is -0.378 e. The Hall–Kier alpha value is -0.533. The van der Waals surface area contributed by atoms with Crippen LogP contribution in [0.5, 0.6) is 5.75 Å². The van der Waals surface area contributed by atoms with Crippen LogP contribution >= 0.6 is 38.6 Å². The van der Waals surface area contributed by atoms with Crippen molar-refractivity contribution in [3.05, 3.63) is 51.5 Å². The predicted molar refractivity (Wildman–Crippen MR) is 120 cm³/mol. The molecule has 0 amide bonds. The van der Waals surface area contributed by atoms with Crippen molar-refractivity contribution in [2.24, 2.45) is 0 Å². The average molecular weight is 510 g/mol. The second kappa shape index (κ2) is 8.45. The van der Waals surface area contributed by atoms with E-state index < -0.39 is 17.5 Å². The van der Waals surface area contributed by atoms with Gasteiger partial charge in [-0.25, -0.2) is 0 Å². The summed E-state index contributed by atoms with van der Waals surface area (Å²) in [6.07, 6.45) is 0. The lowest BCUT2D eigenvalue weighted by molar-refractivity contribution is 0.486. The molecule has 0 aliphatic heterocycles. The van der Waals surface area contributed by atoms with Gasteiger partial charge in [-0.2, -0.15) is 19.5 Å². The fourth-order valence-corrected chi connectivity index (χ4v) is 9.30. The van der Waals surface area contributed by atoms with Crippen LogP contribution < -0.4 is 9.37 Å². The number of rotatable bonds is 6. The topological polar surface area (TPSA) is 43.4 Å². The molecule has 2 aromatic carbocycles. The van der Waals surface area contributed by atoms with Crippen molar-refractivity contribution in [1.29, 1.82) is 0 Å². The van der Waals surface area contributed by atoms with Crippen LogP contribution in [0, 0.1) is 6.92 Å². The summed E-state index contributed by atoms with van der Waals surface area (Å²) >= 11 is 16.9. The first-order chi connectivity index (χ1) is 12.4. The maximum absolute atomic E-state index is 12.9. The van der Waals surface area contributed by atoms with Crippen LogP contribution in [0.3, 0.4) is 0 Å². The second-order valence-electron chi connectivity index (χ2n) is 7.19. The average Bonchev–Trinajstić information content (AvgIpc) is 2.56. The van der Waals surface area contributed by atoms with Crippen LogP contribution in [0.15, 0.2) is 45.8 Å². The largest absolute Gasteiger partial charge is 0.378 e. The zero-order valence-electron chi connectivity index (χ0n) is 15.9. The van der Waals surface area contributed by atoms with Gasteiger partial charge in [0.25, 0.3) is 0 Å². The zero-order chi connectivity index (χ0) is 20.6. The minimum absolute atomic E-state index is 0.0943. The van der Waals surface area contributed by atoms with Crippen LogP contribution in [0.1, 0.15) is 33.3 Å². The highest BCUT2D eigenvalue weighted by molar-refractivity contribution is 9.10. The molecule has 0 heterocycles. The molecule has 0 radical (unpaired) electrons. The van der Waals surface area contributed by atoms with Crippen LogP contribution in [0.4, 0.5) is 0 Å². The van der Waals surface area contributed by atoms with Crippen molar-refractivity contribution in [3.63, 3.8) is 0 Å². The predicted octanol–water partition coefficient (Wildman–Crippen LogP) is 6.39. The van der Waals surface area contributed by atoms with Crippen molar-refractivity contribution < 1.29 is 12.6 Å². The first-order valence-electron chi connectivity index (χ1n) is 8.59. The Morgan fingerprint density at radius 2 is 1.56 bits per heavy atom. The molecule has 3 nitrogen and oxygen atoms in total. The molecule has 0 aliphatic carbocycles. The fraction of sp³-hybridized carbons (Fsp3) is 0.368. The monoisotopic (exact) mass is 508 g/mol. The lowest BCUT2D eigenvalue weighted by Crippen LogP contribution is -2.49. The number of aryl methyl sites for hydroxylation is 1. The molecule has 148 valence electrons. The Bertz CT molecular complexity index is 921. The van der Waals surface area contributed by atoms with Crippen molar-refractivity contribution in [1.82, 2.24) is 0 Å². The third-order valence-electron chi connectivity index (χ3n) is 4.60.